The van der Waals surface area contributed by atoms with Gasteiger partial charge in [0.1, 0.15) is 9.84 Å². The number of hydrogen-bond acceptors (Lipinski definition) is 4. The molecule has 1 rings (SSSR count). The first-order chi connectivity index (χ1) is 9.46. The van der Waals surface area contributed by atoms with E-state index in [0.29, 0.717) is 11.8 Å². The number of sulfone groups is 1. The zero-order valence-electron chi connectivity index (χ0n) is 12.6. The molecule has 0 aliphatic carbocycles. The summed E-state index contributed by atoms with van der Waals surface area (Å²) < 4.78 is 22.9. The van der Waals surface area contributed by atoms with Crippen molar-refractivity contribution in [1.29, 1.82) is 0 Å². The third kappa shape index (κ3) is 6.77. The van der Waals surface area contributed by atoms with Crippen molar-refractivity contribution < 1.29 is 8.42 Å². The molecule has 1 atom stereocenters. The predicted molar refractivity (Wildman–Crippen MR) is 88.3 cm³/mol. The summed E-state index contributed by atoms with van der Waals surface area (Å²) in [7, 11) is -0.890. The fraction of sp³-hybridized carbons (Fsp3) is 0.600. The molecule has 0 aliphatic rings. The van der Waals surface area contributed by atoms with Crippen molar-refractivity contribution in [1.82, 2.24) is 5.32 Å². The summed E-state index contributed by atoms with van der Waals surface area (Å²) in [4.78, 5) is 1.27. The molecular formula is C15H25NO2S2. The van der Waals surface area contributed by atoms with E-state index in [9.17, 15) is 8.42 Å². The maximum atomic E-state index is 11.5. The lowest BCUT2D eigenvalue weighted by molar-refractivity contribution is 0.554. The quantitative estimate of drug-likeness (QED) is 0.712. The van der Waals surface area contributed by atoms with Crippen molar-refractivity contribution in [2.75, 3.05) is 24.3 Å². The molecule has 20 heavy (non-hydrogen) atoms. The van der Waals surface area contributed by atoms with Crippen LogP contribution in [0.5, 0.6) is 0 Å². The zero-order valence-corrected chi connectivity index (χ0v) is 14.2. The van der Waals surface area contributed by atoms with Gasteiger partial charge in [0.2, 0.25) is 0 Å². The second-order valence-electron chi connectivity index (χ2n) is 4.99. The number of thioether (sulfide) groups is 1. The second-order valence-corrected chi connectivity index (χ2v) is 8.56. The Kier molecular flexibility index (Phi) is 7.62. The van der Waals surface area contributed by atoms with Crippen molar-refractivity contribution in [3.05, 3.63) is 29.8 Å². The summed E-state index contributed by atoms with van der Waals surface area (Å²) in [6, 6.07) is 8.81. The lowest BCUT2D eigenvalue weighted by atomic mass is 10.2. The van der Waals surface area contributed by atoms with Gasteiger partial charge in [0, 0.05) is 22.4 Å². The van der Waals surface area contributed by atoms with Crippen LogP contribution in [-0.2, 0) is 9.84 Å². The van der Waals surface area contributed by atoms with Crippen molar-refractivity contribution >= 4 is 21.6 Å². The average Bonchev–Trinajstić information content (AvgIpc) is 2.42. The van der Waals surface area contributed by atoms with Crippen molar-refractivity contribution in [3.8, 4) is 0 Å². The highest BCUT2D eigenvalue weighted by atomic mass is 32.2. The Morgan fingerprint density at radius 2 is 2.10 bits per heavy atom. The number of rotatable bonds is 9. The number of benzene rings is 1. The molecule has 0 fully saturated rings. The van der Waals surface area contributed by atoms with E-state index in [1.807, 2.05) is 18.8 Å². The van der Waals surface area contributed by atoms with E-state index in [4.69, 9.17) is 0 Å². The third-order valence-corrected chi connectivity index (χ3v) is 6.24. The highest BCUT2D eigenvalue weighted by molar-refractivity contribution is 7.99. The molecule has 5 heteroatoms. The predicted octanol–water partition coefficient (Wildman–Crippen LogP) is 2.89. The van der Waals surface area contributed by atoms with Crippen molar-refractivity contribution in [3.63, 3.8) is 0 Å². The Balaban J connectivity index is 2.36. The molecule has 1 unspecified atom stereocenters. The molecule has 1 N–H and O–H groups in total. The maximum absolute atomic E-state index is 11.5. The zero-order chi connectivity index (χ0) is 15.0. The topological polar surface area (TPSA) is 46.2 Å². The molecule has 0 spiro atoms. The van der Waals surface area contributed by atoms with E-state index >= 15 is 0 Å². The molecule has 114 valence electrons. The van der Waals surface area contributed by atoms with E-state index < -0.39 is 9.84 Å². The summed E-state index contributed by atoms with van der Waals surface area (Å²) in [5.74, 6) is 1.51. The van der Waals surface area contributed by atoms with Crippen LogP contribution in [-0.4, -0.2) is 38.8 Å². The summed E-state index contributed by atoms with van der Waals surface area (Å²) in [5, 5.41) is 3.28. The van der Waals surface area contributed by atoms with Crippen LogP contribution in [0.2, 0.25) is 0 Å². The van der Waals surface area contributed by atoms with Gasteiger partial charge in [-0.15, -0.1) is 11.8 Å². The molecule has 1 aromatic rings. The van der Waals surface area contributed by atoms with Gasteiger partial charge in [-0.3, -0.25) is 0 Å². The molecule has 0 saturated heterocycles. The highest BCUT2D eigenvalue weighted by Gasteiger charge is 2.11. The van der Waals surface area contributed by atoms with Gasteiger partial charge in [-0.05, 0) is 38.9 Å². The summed E-state index contributed by atoms with van der Waals surface area (Å²) in [5.41, 5.74) is 1.27. The first-order valence-corrected chi connectivity index (χ1v) is 9.84. The van der Waals surface area contributed by atoms with Crippen LogP contribution < -0.4 is 5.32 Å². The minimum atomic E-state index is -2.83. The molecule has 0 bridgehead atoms. The fourth-order valence-corrected chi connectivity index (χ4v) is 3.97. The van der Waals surface area contributed by atoms with Gasteiger partial charge in [-0.1, -0.05) is 24.6 Å². The molecule has 1 aromatic carbocycles. The second kappa shape index (κ2) is 8.70. The van der Waals surface area contributed by atoms with E-state index in [0.717, 1.165) is 18.6 Å². The number of hydrogen-bond donors (Lipinski definition) is 1. The molecule has 0 aromatic heterocycles. The molecular weight excluding hydrogens is 290 g/mol. The van der Waals surface area contributed by atoms with Crippen LogP contribution in [0, 0.1) is 6.92 Å². The monoisotopic (exact) mass is 315 g/mol. The summed E-state index contributed by atoms with van der Waals surface area (Å²) >= 11 is 1.82. The fourth-order valence-electron chi connectivity index (χ4n) is 1.91. The van der Waals surface area contributed by atoms with Gasteiger partial charge < -0.3 is 5.32 Å². The van der Waals surface area contributed by atoms with Gasteiger partial charge in [0.05, 0.1) is 5.75 Å². The van der Waals surface area contributed by atoms with Crippen LogP contribution in [0.1, 0.15) is 25.3 Å². The van der Waals surface area contributed by atoms with E-state index in [2.05, 4.69) is 36.5 Å². The first-order valence-electron chi connectivity index (χ1n) is 7.04. The van der Waals surface area contributed by atoms with Crippen LogP contribution in [0.15, 0.2) is 29.2 Å². The van der Waals surface area contributed by atoms with Gasteiger partial charge >= 0.3 is 0 Å². The Labute approximate surface area is 127 Å². The molecule has 3 nitrogen and oxygen atoms in total. The van der Waals surface area contributed by atoms with Crippen LogP contribution in [0.3, 0.4) is 0 Å². The van der Waals surface area contributed by atoms with Crippen LogP contribution >= 0.6 is 11.8 Å². The van der Waals surface area contributed by atoms with Gasteiger partial charge in [0.25, 0.3) is 0 Å². The molecule has 0 radical (unpaired) electrons. The Morgan fingerprint density at radius 1 is 1.35 bits per heavy atom. The first kappa shape index (κ1) is 17.5. The third-order valence-electron chi connectivity index (χ3n) is 3.30. The Bertz CT molecular complexity index is 500. The van der Waals surface area contributed by atoms with E-state index in [1.165, 1.54) is 10.5 Å². The lowest BCUT2D eigenvalue weighted by Gasteiger charge is -2.15. The van der Waals surface area contributed by atoms with E-state index in [1.54, 1.807) is 6.92 Å². The van der Waals surface area contributed by atoms with Crippen LogP contribution in [0.25, 0.3) is 0 Å². The molecule has 0 aliphatic heterocycles. The number of nitrogens with one attached hydrogen (secondary N) is 1. The normalized spacial score (nSPS) is 13.3. The lowest BCUT2D eigenvalue weighted by Crippen LogP contribution is -2.28. The smallest absolute Gasteiger partial charge is 0.150 e. The van der Waals surface area contributed by atoms with Crippen molar-refractivity contribution in [2.24, 2.45) is 0 Å². The average molecular weight is 316 g/mol. The van der Waals surface area contributed by atoms with Crippen molar-refractivity contribution in [2.45, 2.75) is 37.6 Å². The highest BCUT2D eigenvalue weighted by Crippen LogP contribution is 2.20. The van der Waals surface area contributed by atoms with Gasteiger partial charge in [-0.25, -0.2) is 8.42 Å². The molecule has 0 heterocycles. The minimum absolute atomic E-state index is 0.245. The maximum Gasteiger partial charge on any atom is 0.150 e. The number of aryl methyl sites for hydroxylation is 1. The molecule has 0 saturated carbocycles. The summed E-state index contributed by atoms with van der Waals surface area (Å²) in [6.45, 7) is 3.80. The Hall–Kier alpha value is -0.520. The Morgan fingerprint density at radius 3 is 2.70 bits per heavy atom. The van der Waals surface area contributed by atoms with E-state index in [-0.39, 0.29) is 5.75 Å². The van der Waals surface area contributed by atoms with Gasteiger partial charge in [0.15, 0.2) is 0 Å². The standard InChI is InChI=1S/C15H25NO2S2/c1-4-20(17,18)10-6-8-14(16-3)12-19-15-9-5-7-13(2)11-15/h5,7,9,11,14,16H,4,6,8,10,12H2,1-3H3. The van der Waals surface area contributed by atoms with Gasteiger partial charge in [-0.2, -0.15) is 0 Å². The molecule has 0 amide bonds. The van der Waals surface area contributed by atoms with Crippen LogP contribution in [0.4, 0.5) is 0 Å². The minimum Gasteiger partial charge on any atom is -0.316 e. The SMILES string of the molecule is CCS(=O)(=O)CCCC(CSc1cccc(C)c1)NC. The largest absolute Gasteiger partial charge is 0.316 e. The summed E-state index contributed by atoms with van der Waals surface area (Å²) in [6.07, 6.45) is 1.63.